The number of aromatic hydroxyl groups is 1. The number of amides is 2. The Kier molecular flexibility index (Phi) is 4.93. The Bertz CT molecular complexity index is 876. The lowest BCUT2D eigenvalue weighted by Gasteiger charge is -2.28. The van der Waals surface area contributed by atoms with Crippen LogP contribution in [0.5, 0.6) is 11.5 Å². The average Bonchev–Trinajstić information content (AvgIpc) is 2.64. The predicted molar refractivity (Wildman–Crippen MR) is 98.4 cm³/mol. The molecule has 2 aromatic rings. The highest BCUT2D eigenvalue weighted by Crippen LogP contribution is 2.34. The molecule has 0 aromatic heterocycles. The molecule has 0 saturated carbocycles. The third kappa shape index (κ3) is 3.54. The third-order valence-electron chi connectivity index (χ3n) is 4.28. The molecule has 26 heavy (non-hydrogen) atoms. The first-order valence-electron chi connectivity index (χ1n) is 8.29. The van der Waals surface area contributed by atoms with E-state index in [-0.39, 0.29) is 23.4 Å². The first-order chi connectivity index (χ1) is 12.5. The molecule has 3 N–H and O–H groups in total. The number of ether oxygens (including phenoxy) is 1. The Balaban J connectivity index is 1.81. The van der Waals surface area contributed by atoms with Crippen molar-refractivity contribution in [3.63, 3.8) is 0 Å². The average molecular weight is 352 g/mol. The minimum Gasteiger partial charge on any atom is -0.506 e. The summed E-state index contributed by atoms with van der Waals surface area (Å²) in [6.07, 6.45) is 1.76. The second-order valence-electron chi connectivity index (χ2n) is 6.08. The quantitative estimate of drug-likeness (QED) is 0.583. The number of hydrogen-bond acceptors (Lipinski definition) is 4. The van der Waals surface area contributed by atoms with E-state index in [1.165, 1.54) is 18.2 Å². The third-order valence-corrected chi connectivity index (χ3v) is 4.28. The number of aryl methyl sites for hydroxylation is 1. The van der Waals surface area contributed by atoms with Crippen LogP contribution in [0.1, 0.15) is 33.9 Å². The molecule has 0 unspecified atom stereocenters. The van der Waals surface area contributed by atoms with E-state index in [0.29, 0.717) is 18.6 Å². The lowest BCUT2D eigenvalue weighted by molar-refractivity contribution is -0.111. The van der Waals surface area contributed by atoms with Crippen LogP contribution in [0.3, 0.4) is 0 Å². The molecule has 1 atom stereocenters. The number of nitrogens with one attached hydrogen (secondary N) is 2. The van der Waals surface area contributed by atoms with Gasteiger partial charge >= 0.3 is 0 Å². The van der Waals surface area contributed by atoms with E-state index in [1.54, 1.807) is 0 Å². The van der Waals surface area contributed by atoms with Gasteiger partial charge in [-0.1, -0.05) is 24.8 Å². The zero-order valence-electron chi connectivity index (χ0n) is 14.4. The van der Waals surface area contributed by atoms with Gasteiger partial charge in [0, 0.05) is 17.5 Å². The van der Waals surface area contributed by atoms with Crippen molar-refractivity contribution in [3.8, 4) is 11.5 Å². The fourth-order valence-corrected chi connectivity index (χ4v) is 2.93. The summed E-state index contributed by atoms with van der Waals surface area (Å²) in [6, 6.07) is 10.00. The van der Waals surface area contributed by atoms with Gasteiger partial charge in [-0.2, -0.15) is 0 Å². The van der Waals surface area contributed by atoms with Gasteiger partial charge in [0.2, 0.25) is 5.91 Å². The number of fused-ring (bicyclic) bond motifs is 1. The molecule has 1 heterocycles. The SMILES string of the molecule is C=CC(=O)Nc1cc(C(=O)N[C@H]2CCOc3c(C)cccc32)ccc1O. The minimum absolute atomic E-state index is 0.121. The van der Waals surface area contributed by atoms with Crippen LogP contribution in [0.2, 0.25) is 0 Å². The van der Waals surface area contributed by atoms with Gasteiger partial charge in [-0.05, 0) is 36.8 Å². The summed E-state index contributed by atoms with van der Waals surface area (Å²) < 4.78 is 5.72. The molecule has 2 aromatic carbocycles. The number of para-hydroxylation sites is 1. The van der Waals surface area contributed by atoms with E-state index in [9.17, 15) is 14.7 Å². The maximum atomic E-state index is 12.7. The molecule has 0 saturated heterocycles. The maximum Gasteiger partial charge on any atom is 0.251 e. The highest BCUT2D eigenvalue weighted by atomic mass is 16.5. The molecule has 0 radical (unpaired) electrons. The smallest absolute Gasteiger partial charge is 0.251 e. The fourth-order valence-electron chi connectivity index (χ4n) is 2.93. The summed E-state index contributed by atoms with van der Waals surface area (Å²) >= 11 is 0. The molecule has 0 aliphatic carbocycles. The number of anilines is 1. The Labute approximate surface area is 151 Å². The van der Waals surface area contributed by atoms with Crippen molar-refractivity contribution in [2.24, 2.45) is 0 Å². The molecule has 3 rings (SSSR count). The van der Waals surface area contributed by atoms with E-state index >= 15 is 0 Å². The van der Waals surface area contributed by atoms with E-state index in [2.05, 4.69) is 17.2 Å². The van der Waals surface area contributed by atoms with Crippen molar-refractivity contribution in [1.29, 1.82) is 0 Å². The molecule has 1 aliphatic heterocycles. The lowest BCUT2D eigenvalue weighted by Crippen LogP contribution is -2.32. The Hall–Kier alpha value is -3.28. The number of hydrogen-bond donors (Lipinski definition) is 3. The summed E-state index contributed by atoms with van der Waals surface area (Å²) in [5.74, 6) is -0.0670. The first-order valence-corrected chi connectivity index (χ1v) is 8.29. The van der Waals surface area contributed by atoms with Crippen LogP contribution in [0.15, 0.2) is 49.1 Å². The van der Waals surface area contributed by atoms with Crippen LogP contribution in [0.4, 0.5) is 5.69 Å². The van der Waals surface area contributed by atoms with Crippen LogP contribution in [0, 0.1) is 6.92 Å². The molecule has 134 valence electrons. The number of carbonyl (C=O) groups excluding carboxylic acids is 2. The van der Waals surface area contributed by atoms with Crippen molar-refractivity contribution in [2.45, 2.75) is 19.4 Å². The monoisotopic (exact) mass is 352 g/mol. The summed E-state index contributed by atoms with van der Waals surface area (Å²) in [5, 5.41) is 15.3. The van der Waals surface area contributed by atoms with Crippen molar-refractivity contribution in [1.82, 2.24) is 5.32 Å². The highest BCUT2D eigenvalue weighted by molar-refractivity contribution is 6.02. The molecule has 1 aliphatic rings. The maximum absolute atomic E-state index is 12.7. The molecular formula is C20H20N2O4. The molecule has 6 nitrogen and oxygen atoms in total. The Morgan fingerprint density at radius 2 is 2.12 bits per heavy atom. The molecule has 6 heteroatoms. The lowest BCUT2D eigenvalue weighted by atomic mass is 9.97. The van der Waals surface area contributed by atoms with Crippen molar-refractivity contribution >= 4 is 17.5 Å². The Morgan fingerprint density at radius 1 is 1.31 bits per heavy atom. The highest BCUT2D eigenvalue weighted by Gasteiger charge is 2.24. The van der Waals surface area contributed by atoms with Gasteiger partial charge in [-0.15, -0.1) is 0 Å². The number of carbonyl (C=O) groups is 2. The van der Waals surface area contributed by atoms with E-state index in [4.69, 9.17) is 4.74 Å². The molecular weight excluding hydrogens is 332 g/mol. The van der Waals surface area contributed by atoms with Crippen LogP contribution in [-0.4, -0.2) is 23.5 Å². The second kappa shape index (κ2) is 7.31. The number of phenols is 1. The first kappa shape index (κ1) is 17.5. The zero-order chi connectivity index (χ0) is 18.7. The van der Waals surface area contributed by atoms with Crippen molar-refractivity contribution in [3.05, 3.63) is 65.7 Å². The normalized spacial score (nSPS) is 15.3. The standard InChI is InChI=1S/C20H20N2O4/c1-3-18(24)21-16-11-13(7-8-17(16)23)20(25)22-15-9-10-26-19-12(2)5-4-6-14(15)19/h3-8,11,15,23H,1,9-10H2,2H3,(H,21,24)(H,22,25)/t15-/m0/s1. The predicted octanol–water partition coefficient (Wildman–Crippen LogP) is 3.08. The largest absolute Gasteiger partial charge is 0.506 e. The summed E-state index contributed by atoms with van der Waals surface area (Å²) in [5.41, 5.74) is 2.47. The number of rotatable bonds is 4. The molecule has 0 fully saturated rings. The van der Waals surface area contributed by atoms with Crippen molar-refractivity contribution in [2.75, 3.05) is 11.9 Å². The van der Waals surface area contributed by atoms with Crippen LogP contribution in [-0.2, 0) is 4.79 Å². The Morgan fingerprint density at radius 3 is 2.88 bits per heavy atom. The van der Waals surface area contributed by atoms with Gasteiger partial charge < -0.3 is 20.5 Å². The van der Waals surface area contributed by atoms with Gasteiger partial charge in [-0.3, -0.25) is 9.59 Å². The molecule has 2 amide bonds. The van der Waals surface area contributed by atoms with Crippen LogP contribution < -0.4 is 15.4 Å². The second-order valence-corrected chi connectivity index (χ2v) is 6.08. The fraction of sp³-hybridized carbons (Fsp3) is 0.200. The summed E-state index contributed by atoms with van der Waals surface area (Å²) in [6.45, 7) is 5.86. The number of benzene rings is 2. The number of phenolic OH excluding ortho intramolecular Hbond substituents is 1. The molecule has 0 bridgehead atoms. The zero-order valence-corrected chi connectivity index (χ0v) is 14.4. The summed E-state index contributed by atoms with van der Waals surface area (Å²) in [4.78, 5) is 24.1. The van der Waals surface area contributed by atoms with Gasteiger partial charge in [0.15, 0.2) is 0 Å². The topological polar surface area (TPSA) is 87.7 Å². The van der Waals surface area contributed by atoms with Gasteiger partial charge in [-0.25, -0.2) is 0 Å². The van der Waals surface area contributed by atoms with Crippen LogP contribution >= 0.6 is 0 Å². The van der Waals surface area contributed by atoms with Gasteiger partial charge in [0.05, 0.1) is 18.3 Å². The van der Waals surface area contributed by atoms with E-state index in [1.807, 2.05) is 25.1 Å². The summed E-state index contributed by atoms with van der Waals surface area (Å²) in [7, 11) is 0. The van der Waals surface area contributed by atoms with E-state index in [0.717, 1.165) is 23.0 Å². The van der Waals surface area contributed by atoms with Gasteiger partial charge in [0.1, 0.15) is 11.5 Å². The van der Waals surface area contributed by atoms with Crippen molar-refractivity contribution < 1.29 is 19.4 Å². The van der Waals surface area contributed by atoms with Gasteiger partial charge in [0.25, 0.3) is 5.91 Å². The molecule has 0 spiro atoms. The van der Waals surface area contributed by atoms with E-state index < -0.39 is 5.91 Å². The van der Waals surface area contributed by atoms with Crippen LogP contribution in [0.25, 0.3) is 0 Å². The minimum atomic E-state index is -0.466.